The van der Waals surface area contributed by atoms with E-state index in [2.05, 4.69) is 10.3 Å². The molecule has 19 heavy (non-hydrogen) atoms. The highest BCUT2D eigenvalue weighted by Gasteiger charge is 2.19. The van der Waals surface area contributed by atoms with Crippen molar-refractivity contribution in [3.63, 3.8) is 0 Å². The lowest BCUT2D eigenvalue weighted by molar-refractivity contribution is -0.127. The quantitative estimate of drug-likeness (QED) is 0.832. The molecule has 1 saturated heterocycles. The zero-order chi connectivity index (χ0) is 13.8. The Labute approximate surface area is 117 Å². The molecule has 2 rings (SSSR count). The van der Waals surface area contributed by atoms with E-state index in [4.69, 9.17) is 0 Å². The topological polar surface area (TPSA) is 62.3 Å². The molecule has 1 N–H and O–H groups in total. The number of thiazole rings is 1. The Kier molecular flexibility index (Phi) is 4.52. The number of rotatable bonds is 5. The molecule has 1 fully saturated rings. The van der Waals surface area contributed by atoms with Crippen LogP contribution >= 0.6 is 11.3 Å². The summed E-state index contributed by atoms with van der Waals surface area (Å²) >= 11 is 1.42. The SMILES string of the molecule is Cc1nc(C)c(C(=O)NCCCN2CCCC2=O)s1. The molecule has 1 aliphatic heterocycles. The molecular weight excluding hydrogens is 262 g/mol. The second-order valence-electron chi connectivity index (χ2n) is 4.74. The molecule has 0 saturated carbocycles. The smallest absolute Gasteiger partial charge is 0.263 e. The van der Waals surface area contributed by atoms with Crippen LogP contribution < -0.4 is 5.32 Å². The number of nitrogens with one attached hydrogen (secondary N) is 1. The van der Waals surface area contributed by atoms with Crippen LogP contribution in [0.4, 0.5) is 0 Å². The molecule has 1 aliphatic rings. The summed E-state index contributed by atoms with van der Waals surface area (Å²) < 4.78 is 0. The van der Waals surface area contributed by atoms with Crippen LogP contribution in [0.25, 0.3) is 0 Å². The monoisotopic (exact) mass is 281 g/mol. The molecule has 0 bridgehead atoms. The maximum atomic E-state index is 11.9. The van der Waals surface area contributed by atoms with E-state index < -0.39 is 0 Å². The van der Waals surface area contributed by atoms with E-state index in [9.17, 15) is 9.59 Å². The number of hydrogen-bond donors (Lipinski definition) is 1. The summed E-state index contributed by atoms with van der Waals surface area (Å²) in [5.74, 6) is 0.177. The molecule has 0 aromatic carbocycles. The average molecular weight is 281 g/mol. The van der Waals surface area contributed by atoms with E-state index in [-0.39, 0.29) is 11.8 Å². The maximum Gasteiger partial charge on any atom is 0.263 e. The van der Waals surface area contributed by atoms with Crippen LogP contribution in [0.15, 0.2) is 0 Å². The van der Waals surface area contributed by atoms with E-state index in [0.717, 1.165) is 36.6 Å². The minimum absolute atomic E-state index is 0.0594. The van der Waals surface area contributed by atoms with Gasteiger partial charge in [0.25, 0.3) is 5.91 Å². The first-order chi connectivity index (χ1) is 9.08. The van der Waals surface area contributed by atoms with Crippen LogP contribution in [0.1, 0.15) is 39.6 Å². The van der Waals surface area contributed by atoms with Crippen molar-refractivity contribution < 1.29 is 9.59 Å². The fourth-order valence-electron chi connectivity index (χ4n) is 2.23. The zero-order valence-corrected chi connectivity index (χ0v) is 12.2. The highest BCUT2D eigenvalue weighted by Crippen LogP contribution is 2.16. The number of carbonyl (C=O) groups is 2. The first kappa shape index (κ1) is 14.0. The molecule has 6 heteroatoms. The highest BCUT2D eigenvalue weighted by atomic mass is 32.1. The number of amides is 2. The Hall–Kier alpha value is -1.43. The summed E-state index contributed by atoms with van der Waals surface area (Å²) in [4.78, 5) is 30.1. The fourth-order valence-corrected chi connectivity index (χ4v) is 3.07. The van der Waals surface area contributed by atoms with Gasteiger partial charge in [-0.3, -0.25) is 9.59 Å². The van der Waals surface area contributed by atoms with Crippen molar-refractivity contribution >= 4 is 23.2 Å². The summed E-state index contributed by atoms with van der Waals surface area (Å²) in [6.45, 7) is 5.94. The third-order valence-electron chi connectivity index (χ3n) is 3.17. The second kappa shape index (κ2) is 6.14. The number of nitrogens with zero attached hydrogens (tertiary/aromatic N) is 2. The maximum absolute atomic E-state index is 11.9. The van der Waals surface area contributed by atoms with Gasteiger partial charge in [0.05, 0.1) is 10.7 Å². The third-order valence-corrected chi connectivity index (χ3v) is 4.24. The van der Waals surface area contributed by atoms with Gasteiger partial charge in [0.15, 0.2) is 0 Å². The van der Waals surface area contributed by atoms with E-state index in [1.165, 1.54) is 11.3 Å². The van der Waals surface area contributed by atoms with Crippen molar-refractivity contribution in [2.75, 3.05) is 19.6 Å². The van der Waals surface area contributed by atoms with Gasteiger partial charge in [-0.1, -0.05) is 0 Å². The number of likely N-dealkylation sites (tertiary alicyclic amines) is 1. The van der Waals surface area contributed by atoms with Crippen molar-refractivity contribution in [3.05, 3.63) is 15.6 Å². The van der Waals surface area contributed by atoms with Crippen LogP contribution in [0.2, 0.25) is 0 Å². The second-order valence-corrected chi connectivity index (χ2v) is 5.94. The van der Waals surface area contributed by atoms with Gasteiger partial charge in [0.2, 0.25) is 5.91 Å². The highest BCUT2D eigenvalue weighted by molar-refractivity contribution is 7.13. The summed E-state index contributed by atoms with van der Waals surface area (Å²) in [6, 6.07) is 0. The van der Waals surface area contributed by atoms with Crippen molar-refractivity contribution in [3.8, 4) is 0 Å². The molecule has 1 aromatic rings. The number of aryl methyl sites for hydroxylation is 2. The molecule has 2 amide bonds. The van der Waals surface area contributed by atoms with E-state index in [1.54, 1.807) is 0 Å². The van der Waals surface area contributed by atoms with Gasteiger partial charge < -0.3 is 10.2 Å². The average Bonchev–Trinajstić information content (AvgIpc) is 2.91. The first-order valence-electron chi connectivity index (χ1n) is 6.58. The largest absolute Gasteiger partial charge is 0.351 e. The lowest BCUT2D eigenvalue weighted by Crippen LogP contribution is -2.30. The fraction of sp³-hybridized carbons (Fsp3) is 0.615. The van der Waals surface area contributed by atoms with Crippen molar-refractivity contribution in [2.45, 2.75) is 33.1 Å². The van der Waals surface area contributed by atoms with Gasteiger partial charge in [-0.25, -0.2) is 4.98 Å². The minimum atomic E-state index is -0.0594. The molecular formula is C13H19N3O2S. The van der Waals surface area contributed by atoms with E-state index >= 15 is 0 Å². The molecule has 1 aromatic heterocycles. The predicted molar refractivity (Wildman–Crippen MR) is 74.4 cm³/mol. The van der Waals surface area contributed by atoms with E-state index in [0.29, 0.717) is 17.8 Å². The van der Waals surface area contributed by atoms with Crippen LogP contribution in [0.3, 0.4) is 0 Å². The molecule has 0 atom stereocenters. The van der Waals surface area contributed by atoms with Crippen LogP contribution in [0, 0.1) is 13.8 Å². The normalized spacial score (nSPS) is 15.1. The number of carbonyl (C=O) groups excluding carboxylic acids is 2. The summed E-state index contributed by atoms with van der Waals surface area (Å²) in [6.07, 6.45) is 2.44. The Balaban J connectivity index is 1.72. The van der Waals surface area contributed by atoms with Crippen LogP contribution in [0.5, 0.6) is 0 Å². The standard InChI is InChI=1S/C13H19N3O2S/c1-9-12(19-10(2)15-9)13(18)14-6-4-8-16-7-3-5-11(16)17/h3-8H2,1-2H3,(H,14,18). The van der Waals surface area contributed by atoms with Gasteiger partial charge in [0, 0.05) is 26.1 Å². The molecule has 0 spiro atoms. The van der Waals surface area contributed by atoms with Crippen molar-refractivity contribution in [1.82, 2.24) is 15.2 Å². The van der Waals surface area contributed by atoms with Gasteiger partial charge in [-0.15, -0.1) is 11.3 Å². The van der Waals surface area contributed by atoms with E-state index in [1.807, 2.05) is 18.7 Å². The molecule has 5 nitrogen and oxygen atoms in total. The van der Waals surface area contributed by atoms with Crippen molar-refractivity contribution in [2.24, 2.45) is 0 Å². The van der Waals surface area contributed by atoms with Crippen molar-refractivity contribution in [1.29, 1.82) is 0 Å². The minimum Gasteiger partial charge on any atom is -0.351 e. The molecule has 0 unspecified atom stereocenters. The first-order valence-corrected chi connectivity index (χ1v) is 7.39. The third kappa shape index (κ3) is 3.53. The molecule has 0 radical (unpaired) electrons. The Morgan fingerprint density at radius 1 is 1.47 bits per heavy atom. The Morgan fingerprint density at radius 2 is 2.26 bits per heavy atom. The summed E-state index contributed by atoms with van der Waals surface area (Å²) in [5.41, 5.74) is 0.787. The Bertz CT molecular complexity index is 484. The number of hydrogen-bond acceptors (Lipinski definition) is 4. The molecule has 0 aliphatic carbocycles. The van der Waals surface area contributed by atoms with Gasteiger partial charge >= 0.3 is 0 Å². The molecule has 2 heterocycles. The van der Waals surface area contributed by atoms with Gasteiger partial charge in [-0.2, -0.15) is 0 Å². The zero-order valence-electron chi connectivity index (χ0n) is 11.4. The Morgan fingerprint density at radius 3 is 2.84 bits per heavy atom. The van der Waals surface area contributed by atoms with Crippen LogP contribution in [-0.4, -0.2) is 41.3 Å². The predicted octanol–water partition coefficient (Wildman–Crippen LogP) is 1.50. The van der Waals surface area contributed by atoms with Gasteiger partial charge in [-0.05, 0) is 26.7 Å². The lowest BCUT2D eigenvalue weighted by atomic mass is 10.3. The number of aromatic nitrogens is 1. The van der Waals surface area contributed by atoms with Crippen LogP contribution in [-0.2, 0) is 4.79 Å². The summed E-state index contributed by atoms with van der Waals surface area (Å²) in [7, 11) is 0. The summed E-state index contributed by atoms with van der Waals surface area (Å²) in [5, 5.41) is 3.79. The molecule has 104 valence electrons. The lowest BCUT2D eigenvalue weighted by Gasteiger charge is -2.15. The van der Waals surface area contributed by atoms with Gasteiger partial charge in [0.1, 0.15) is 4.88 Å².